The molecule has 9 heteroatoms. The average molecular weight is 501 g/mol. The molecule has 0 aromatic heterocycles. The third-order valence-electron chi connectivity index (χ3n) is 6.53. The summed E-state index contributed by atoms with van der Waals surface area (Å²) in [5, 5.41) is 12.3. The van der Waals surface area contributed by atoms with E-state index in [0.717, 1.165) is 6.07 Å². The number of amides is 1. The molecule has 2 aromatic carbocycles. The summed E-state index contributed by atoms with van der Waals surface area (Å²) in [6, 6.07) is 13.0. The van der Waals surface area contributed by atoms with Crippen LogP contribution < -0.4 is 5.32 Å². The molecule has 0 spiro atoms. The van der Waals surface area contributed by atoms with Crippen molar-refractivity contribution in [2.24, 2.45) is 0 Å². The first kappa shape index (κ1) is 26.2. The number of nitrogens with zero attached hydrogens (tertiary/aromatic N) is 1. The molecule has 1 saturated carbocycles. The van der Waals surface area contributed by atoms with E-state index in [2.05, 4.69) is 11.4 Å². The Balaban J connectivity index is 1.63. The van der Waals surface area contributed by atoms with Crippen molar-refractivity contribution in [3.8, 4) is 6.07 Å². The lowest BCUT2D eigenvalue weighted by Crippen LogP contribution is -2.60. The summed E-state index contributed by atoms with van der Waals surface area (Å²) in [5.74, 6) is -3.20. The number of carbonyl (C=O) groups is 1. The van der Waals surface area contributed by atoms with Crippen LogP contribution in [0.4, 0.5) is 8.78 Å². The number of hydrogen-bond acceptors (Lipinski definition) is 6. The molecule has 1 aliphatic heterocycles. The van der Waals surface area contributed by atoms with Gasteiger partial charge in [-0.25, -0.2) is 8.78 Å². The maximum atomic E-state index is 14.3. The number of rotatable bonds is 8. The Labute approximate surface area is 209 Å². The number of benzene rings is 2. The maximum absolute atomic E-state index is 14.3. The van der Waals surface area contributed by atoms with Crippen LogP contribution in [0.25, 0.3) is 0 Å². The Bertz CT molecular complexity index is 1150. The molecule has 2 fully saturated rings. The summed E-state index contributed by atoms with van der Waals surface area (Å²) in [7, 11) is 0. The van der Waals surface area contributed by atoms with Crippen LogP contribution in [-0.2, 0) is 37.0 Å². The van der Waals surface area contributed by atoms with Crippen LogP contribution in [-0.4, -0.2) is 42.2 Å². The van der Waals surface area contributed by atoms with Crippen LogP contribution in [0, 0.1) is 23.0 Å². The van der Waals surface area contributed by atoms with Crippen LogP contribution in [0.1, 0.15) is 50.3 Å². The second kappa shape index (κ2) is 10.6. The molecule has 36 heavy (non-hydrogen) atoms. The Morgan fingerprint density at radius 3 is 2.61 bits per heavy atom. The second-order valence-electron chi connectivity index (χ2n) is 9.52. The molecule has 1 amide bonds. The van der Waals surface area contributed by atoms with Crippen LogP contribution in [0.2, 0.25) is 0 Å². The summed E-state index contributed by atoms with van der Waals surface area (Å²) in [6.07, 6.45) is -1.47. The van der Waals surface area contributed by atoms with Gasteiger partial charge in [-0.2, -0.15) is 5.26 Å². The number of nitriles is 1. The van der Waals surface area contributed by atoms with Gasteiger partial charge in [0.25, 0.3) is 5.91 Å². The quantitative estimate of drug-likeness (QED) is 0.586. The number of ether oxygens (including phenoxy) is 4. The summed E-state index contributed by atoms with van der Waals surface area (Å²) >= 11 is 0. The normalized spacial score (nSPS) is 26.7. The molecule has 1 heterocycles. The van der Waals surface area contributed by atoms with Gasteiger partial charge in [-0.05, 0) is 38.5 Å². The Kier molecular flexibility index (Phi) is 7.71. The van der Waals surface area contributed by atoms with E-state index in [1.807, 2.05) is 0 Å². The molecule has 0 bridgehead atoms. The van der Waals surface area contributed by atoms with E-state index in [4.69, 9.17) is 18.9 Å². The monoisotopic (exact) mass is 500 g/mol. The van der Waals surface area contributed by atoms with Gasteiger partial charge >= 0.3 is 0 Å². The zero-order valence-electron chi connectivity index (χ0n) is 20.6. The van der Waals surface area contributed by atoms with Crippen molar-refractivity contribution in [2.45, 2.75) is 76.5 Å². The van der Waals surface area contributed by atoms with Crippen molar-refractivity contribution in [1.82, 2.24) is 5.32 Å². The number of halogens is 2. The standard InChI is InChI=1S/C27H30F2N2O5/c1-4-31-25(32)27(34-16-18-9-6-5-8-17(18)14-30)12-21(24-22(13-27)35-26(2,3)36-24)33-15-19-10-7-11-20(28)23(19)29/h5-11,21-22,24H,4,12-13,15-16H2,1-3H3,(H,31,32)/t21?,22-,24+,27-/m1/s1. The van der Waals surface area contributed by atoms with Crippen LogP contribution in [0.5, 0.6) is 0 Å². The van der Waals surface area contributed by atoms with Gasteiger partial charge in [0.15, 0.2) is 23.0 Å². The molecule has 7 nitrogen and oxygen atoms in total. The zero-order chi connectivity index (χ0) is 25.9. The minimum Gasteiger partial charge on any atom is -0.370 e. The number of hydrogen-bond donors (Lipinski definition) is 1. The fourth-order valence-corrected chi connectivity index (χ4v) is 4.86. The van der Waals surface area contributed by atoms with E-state index in [0.29, 0.717) is 17.7 Å². The molecular weight excluding hydrogens is 470 g/mol. The van der Waals surface area contributed by atoms with Crippen LogP contribution >= 0.6 is 0 Å². The van der Waals surface area contributed by atoms with E-state index in [1.54, 1.807) is 45.0 Å². The third kappa shape index (κ3) is 5.42. The summed E-state index contributed by atoms with van der Waals surface area (Å²) < 4.78 is 52.6. The number of fused-ring (bicyclic) bond motifs is 1. The van der Waals surface area contributed by atoms with E-state index < -0.39 is 41.3 Å². The SMILES string of the molecule is CCNC(=O)[C@@]1(OCc2ccccc2C#N)CC(OCc2cccc(F)c2F)[C@@H]2OC(C)(C)O[C@@H]2C1. The third-order valence-corrected chi connectivity index (χ3v) is 6.53. The first-order valence-electron chi connectivity index (χ1n) is 12.0. The fourth-order valence-electron chi connectivity index (χ4n) is 4.86. The molecule has 2 aliphatic rings. The lowest BCUT2D eigenvalue weighted by atomic mass is 9.78. The highest BCUT2D eigenvalue weighted by atomic mass is 19.2. The van der Waals surface area contributed by atoms with Crippen molar-refractivity contribution in [3.63, 3.8) is 0 Å². The highest BCUT2D eigenvalue weighted by molar-refractivity contribution is 5.85. The maximum Gasteiger partial charge on any atom is 0.252 e. The molecule has 1 unspecified atom stereocenters. The smallest absolute Gasteiger partial charge is 0.252 e. The number of likely N-dealkylation sites (N-methyl/N-ethyl adjacent to an activating group) is 1. The fraction of sp³-hybridized carbons (Fsp3) is 0.481. The number of nitrogens with one attached hydrogen (secondary N) is 1. The lowest BCUT2D eigenvalue weighted by Gasteiger charge is -2.43. The molecule has 1 N–H and O–H groups in total. The largest absolute Gasteiger partial charge is 0.370 e. The van der Waals surface area contributed by atoms with E-state index >= 15 is 0 Å². The first-order valence-corrected chi connectivity index (χ1v) is 12.0. The van der Waals surface area contributed by atoms with Crippen molar-refractivity contribution >= 4 is 5.91 Å². The van der Waals surface area contributed by atoms with Crippen molar-refractivity contribution in [3.05, 3.63) is 70.8 Å². The lowest BCUT2D eigenvalue weighted by molar-refractivity contribution is -0.183. The second-order valence-corrected chi connectivity index (χ2v) is 9.52. The predicted octanol–water partition coefficient (Wildman–Crippen LogP) is 4.13. The zero-order valence-corrected chi connectivity index (χ0v) is 20.6. The topological polar surface area (TPSA) is 89.8 Å². The van der Waals surface area contributed by atoms with Crippen LogP contribution in [0.15, 0.2) is 42.5 Å². The minimum absolute atomic E-state index is 0.0216. The molecular formula is C27H30F2N2O5. The molecule has 1 aliphatic carbocycles. The van der Waals surface area contributed by atoms with Crippen LogP contribution in [0.3, 0.4) is 0 Å². The van der Waals surface area contributed by atoms with Crippen molar-refractivity contribution < 1.29 is 32.5 Å². The van der Waals surface area contributed by atoms with Gasteiger partial charge in [0, 0.05) is 24.9 Å². The summed E-state index contributed by atoms with van der Waals surface area (Å²) in [5.41, 5.74) is -0.195. The Morgan fingerprint density at radius 2 is 1.86 bits per heavy atom. The molecule has 2 aromatic rings. The van der Waals surface area contributed by atoms with Gasteiger partial charge in [-0.1, -0.05) is 30.3 Å². The molecule has 4 atom stereocenters. The van der Waals surface area contributed by atoms with Crippen molar-refractivity contribution in [2.75, 3.05) is 6.54 Å². The van der Waals surface area contributed by atoms with Gasteiger partial charge in [0.05, 0.1) is 37.1 Å². The predicted molar refractivity (Wildman–Crippen MR) is 125 cm³/mol. The minimum atomic E-state index is -1.35. The van der Waals surface area contributed by atoms with Gasteiger partial charge in [-0.3, -0.25) is 4.79 Å². The molecule has 192 valence electrons. The Hall–Kier alpha value is -2.90. The molecule has 4 rings (SSSR count). The average Bonchev–Trinajstić information content (AvgIpc) is 3.17. The van der Waals surface area contributed by atoms with Gasteiger partial charge in [-0.15, -0.1) is 0 Å². The van der Waals surface area contributed by atoms with Gasteiger partial charge in [0.1, 0.15) is 6.10 Å². The van der Waals surface area contributed by atoms with Gasteiger partial charge in [0.2, 0.25) is 0 Å². The van der Waals surface area contributed by atoms with Crippen molar-refractivity contribution in [1.29, 1.82) is 5.26 Å². The van der Waals surface area contributed by atoms with E-state index in [1.165, 1.54) is 12.1 Å². The molecule has 1 saturated heterocycles. The van der Waals surface area contributed by atoms with Gasteiger partial charge < -0.3 is 24.3 Å². The molecule has 0 radical (unpaired) electrons. The highest BCUT2D eigenvalue weighted by Crippen LogP contribution is 2.44. The highest BCUT2D eigenvalue weighted by Gasteiger charge is 2.58. The van der Waals surface area contributed by atoms with E-state index in [9.17, 15) is 18.8 Å². The first-order chi connectivity index (χ1) is 17.2. The Morgan fingerprint density at radius 1 is 1.11 bits per heavy atom. The summed E-state index contributed by atoms with van der Waals surface area (Å²) in [4.78, 5) is 13.4. The number of carbonyl (C=O) groups excluding carboxylic acids is 1. The summed E-state index contributed by atoms with van der Waals surface area (Å²) in [6.45, 7) is 5.54. The van der Waals surface area contributed by atoms with E-state index in [-0.39, 0.29) is 37.5 Å².